The zero-order chi connectivity index (χ0) is 22.6. The Hall–Kier alpha value is -2.45. The molecule has 1 aromatic heterocycles. The van der Waals surface area contributed by atoms with Crippen LogP contribution in [0.2, 0.25) is 0 Å². The summed E-state index contributed by atoms with van der Waals surface area (Å²) < 4.78 is 43.6. The number of nitrogens with one attached hydrogen (secondary N) is 1. The molecule has 1 unspecified atom stereocenters. The van der Waals surface area contributed by atoms with Crippen LogP contribution in [-0.2, 0) is 22.5 Å². The number of pyridine rings is 1. The lowest BCUT2D eigenvalue weighted by atomic mass is 9.84. The van der Waals surface area contributed by atoms with Crippen molar-refractivity contribution >= 4 is 5.91 Å². The summed E-state index contributed by atoms with van der Waals surface area (Å²) in [4.78, 5) is 18.1. The molecule has 1 amide bonds. The van der Waals surface area contributed by atoms with E-state index in [-0.39, 0.29) is 12.0 Å². The van der Waals surface area contributed by atoms with Crippen molar-refractivity contribution in [2.24, 2.45) is 0 Å². The Morgan fingerprint density at radius 3 is 2.31 bits per heavy atom. The fourth-order valence-corrected chi connectivity index (χ4v) is 4.35. The van der Waals surface area contributed by atoms with Crippen LogP contribution in [-0.4, -0.2) is 60.2 Å². The van der Waals surface area contributed by atoms with Gasteiger partial charge >= 0.3 is 6.43 Å². The molecule has 1 atom stereocenters. The number of rotatable bonds is 8. The lowest BCUT2D eigenvalue weighted by molar-refractivity contribution is -0.173. The minimum atomic E-state index is -3.15. The molecular formula is C24H28F3N3O2. The highest BCUT2D eigenvalue weighted by atomic mass is 19.3. The van der Waals surface area contributed by atoms with Crippen LogP contribution in [0.25, 0.3) is 11.1 Å². The first-order valence-corrected chi connectivity index (χ1v) is 11.0. The maximum Gasteiger partial charge on any atom is 0.315 e. The van der Waals surface area contributed by atoms with Crippen LogP contribution in [0.1, 0.15) is 30.5 Å². The average Bonchev–Trinajstić information content (AvgIpc) is 2.79. The molecule has 172 valence electrons. The summed E-state index contributed by atoms with van der Waals surface area (Å²) in [5.74, 6) is -1.45. The van der Waals surface area contributed by atoms with Crippen molar-refractivity contribution in [2.45, 2.75) is 50.3 Å². The van der Waals surface area contributed by atoms with E-state index >= 15 is 0 Å². The van der Waals surface area contributed by atoms with Crippen molar-refractivity contribution in [3.63, 3.8) is 0 Å². The summed E-state index contributed by atoms with van der Waals surface area (Å²) in [5.41, 5.74) is 3.86. The topological polar surface area (TPSA) is 54.5 Å². The van der Waals surface area contributed by atoms with Crippen molar-refractivity contribution in [1.82, 2.24) is 15.2 Å². The highest BCUT2D eigenvalue weighted by Gasteiger charge is 2.40. The number of carbonyl (C=O) groups is 1. The van der Waals surface area contributed by atoms with Gasteiger partial charge in [0.2, 0.25) is 0 Å². The first-order valence-electron chi connectivity index (χ1n) is 11.0. The number of carbonyl (C=O) groups excluding carboxylic acids is 1. The Labute approximate surface area is 186 Å². The van der Waals surface area contributed by atoms with Crippen molar-refractivity contribution in [3.05, 3.63) is 53.9 Å². The standard InChI is InChI=1S/C24H28F3N3O2/c25-14-21(29-23(31)22(26)27)13-17-1-3-18(4-2-17)19-5-6-20(28-15-19)16-30-10-7-24(8-11-30)9-12-32-24/h1-6,15,21-22H,7-14,16H2,(H,29,31). The Balaban J connectivity index is 1.30. The lowest BCUT2D eigenvalue weighted by Gasteiger charge is -2.47. The second kappa shape index (κ2) is 10.0. The van der Waals surface area contributed by atoms with Gasteiger partial charge in [-0.25, -0.2) is 4.39 Å². The van der Waals surface area contributed by atoms with Gasteiger partial charge in [-0.1, -0.05) is 30.3 Å². The van der Waals surface area contributed by atoms with E-state index in [2.05, 4.69) is 9.88 Å². The second-order valence-corrected chi connectivity index (χ2v) is 8.66. The lowest BCUT2D eigenvalue weighted by Crippen LogP contribution is -2.52. The number of halogens is 3. The monoisotopic (exact) mass is 447 g/mol. The number of ether oxygens (including phenoxy) is 1. The number of amides is 1. The third-order valence-corrected chi connectivity index (χ3v) is 6.44. The number of likely N-dealkylation sites (tertiary alicyclic amines) is 1. The zero-order valence-electron chi connectivity index (χ0n) is 17.9. The molecule has 1 spiro atoms. The van der Waals surface area contributed by atoms with Crippen molar-refractivity contribution in [3.8, 4) is 11.1 Å². The molecule has 1 aromatic carbocycles. The molecule has 2 aliphatic rings. The maximum absolute atomic E-state index is 13.1. The van der Waals surface area contributed by atoms with Crippen LogP contribution in [0.3, 0.4) is 0 Å². The summed E-state index contributed by atoms with van der Waals surface area (Å²) in [6, 6.07) is 10.5. The molecule has 0 radical (unpaired) electrons. The minimum absolute atomic E-state index is 0.147. The summed E-state index contributed by atoms with van der Waals surface area (Å²) in [5, 5.41) is 2.03. The van der Waals surface area contributed by atoms with Gasteiger partial charge in [0, 0.05) is 31.4 Å². The first-order chi connectivity index (χ1) is 15.5. The number of benzene rings is 1. The average molecular weight is 448 g/mol. The molecule has 0 bridgehead atoms. The van der Waals surface area contributed by atoms with E-state index in [1.165, 1.54) is 6.42 Å². The van der Waals surface area contributed by atoms with Crippen molar-refractivity contribution < 1.29 is 22.7 Å². The van der Waals surface area contributed by atoms with Gasteiger partial charge in [-0.15, -0.1) is 0 Å². The smallest absolute Gasteiger partial charge is 0.315 e. The third kappa shape index (κ3) is 5.48. The van der Waals surface area contributed by atoms with Crippen LogP contribution in [0, 0.1) is 0 Å². The quantitative estimate of drug-likeness (QED) is 0.670. The molecule has 2 fully saturated rings. The Bertz CT molecular complexity index is 892. The van der Waals surface area contributed by atoms with Gasteiger partial charge in [0.1, 0.15) is 6.67 Å². The van der Waals surface area contributed by atoms with Crippen LogP contribution in [0.15, 0.2) is 42.6 Å². The first kappa shape index (κ1) is 22.7. The summed E-state index contributed by atoms with van der Waals surface area (Å²) in [6.45, 7) is 2.88. The SMILES string of the molecule is O=C(NC(CF)Cc1ccc(-c2ccc(CN3CCC4(CCO4)CC3)nc2)cc1)C(F)F. The number of hydrogen-bond acceptors (Lipinski definition) is 4. The van der Waals surface area contributed by atoms with Crippen LogP contribution < -0.4 is 5.32 Å². The summed E-state index contributed by atoms with van der Waals surface area (Å²) in [6.07, 6.45) is 2.21. The number of aromatic nitrogens is 1. The molecule has 0 aliphatic carbocycles. The van der Waals surface area contributed by atoms with E-state index < -0.39 is 25.0 Å². The van der Waals surface area contributed by atoms with E-state index in [1.54, 1.807) is 0 Å². The van der Waals surface area contributed by atoms with Crippen molar-refractivity contribution in [2.75, 3.05) is 26.4 Å². The van der Waals surface area contributed by atoms with Gasteiger partial charge in [-0.3, -0.25) is 14.7 Å². The number of alkyl halides is 3. The van der Waals surface area contributed by atoms with E-state index in [0.29, 0.717) is 0 Å². The third-order valence-electron chi connectivity index (χ3n) is 6.44. The summed E-state index contributed by atoms with van der Waals surface area (Å²) >= 11 is 0. The van der Waals surface area contributed by atoms with E-state index in [0.717, 1.165) is 61.5 Å². The normalized spacial score (nSPS) is 19.0. The second-order valence-electron chi connectivity index (χ2n) is 8.66. The van der Waals surface area contributed by atoms with Crippen LogP contribution >= 0.6 is 0 Å². The maximum atomic E-state index is 13.1. The van der Waals surface area contributed by atoms with E-state index in [9.17, 15) is 18.0 Å². The Morgan fingerprint density at radius 1 is 1.09 bits per heavy atom. The largest absolute Gasteiger partial charge is 0.375 e. The van der Waals surface area contributed by atoms with Gasteiger partial charge in [-0.05, 0) is 42.9 Å². The molecule has 4 rings (SSSR count). The highest BCUT2D eigenvalue weighted by molar-refractivity contribution is 5.79. The molecule has 32 heavy (non-hydrogen) atoms. The van der Waals surface area contributed by atoms with Gasteiger partial charge in [0.25, 0.3) is 5.91 Å². The van der Waals surface area contributed by atoms with Gasteiger partial charge in [0.15, 0.2) is 0 Å². The fourth-order valence-electron chi connectivity index (χ4n) is 4.35. The molecule has 8 heteroatoms. The van der Waals surface area contributed by atoms with Crippen LogP contribution in [0.4, 0.5) is 13.2 Å². The Kier molecular flexibility index (Phi) is 7.10. The number of hydrogen-bond donors (Lipinski definition) is 1. The molecule has 3 heterocycles. The van der Waals surface area contributed by atoms with Crippen molar-refractivity contribution in [1.29, 1.82) is 0 Å². The number of piperidine rings is 1. The van der Waals surface area contributed by atoms with Crippen LogP contribution in [0.5, 0.6) is 0 Å². The predicted molar refractivity (Wildman–Crippen MR) is 115 cm³/mol. The molecule has 0 saturated carbocycles. The number of nitrogens with zero attached hydrogens (tertiary/aromatic N) is 2. The molecule has 2 aromatic rings. The van der Waals surface area contributed by atoms with Gasteiger partial charge < -0.3 is 10.1 Å². The van der Waals surface area contributed by atoms with E-state index in [4.69, 9.17) is 4.74 Å². The van der Waals surface area contributed by atoms with Gasteiger partial charge in [-0.2, -0.15) is 8.78 Å². The molecule has 2 aliphatic heterocycles. The Morgan fingerprint density at radius 2 is 1.78 bits per heavy atom. The molecule has 5 nitrogen and oxygen atoms in total. The van der Waals surface area contributed by atoms with E-state index in [1.807, 2.05) is 47.9 Å². The molecular weight excluding hydrogens is 419 g/mol. The summed E-state index contributed by atoms with van der Waals surface area (Å²) in [7, 11) is 0. The highest BCUT2D eigenvalue weighted by Crippen LogP contribution is 2.36. The molecule has 2 saturated heterocycles. The molecule has 1 N–H and O–H groups in total. The minimum Gasteiger partial charge on any atom is -0.375 e. The predicted octanol–water partition coefficient (Wildman–Crippen LogP) is 3.77. The fraction of sp³-hybridized carbons (Fsp3) is 0.500. The van der Waals surface area contributed by atoms with Gasteiger partial charge in [0.05, 0.1) is 23.9 Å². The zero-order valence-corrected chi connectivity index (χ0v) is 17.9.